The molecular weight excluding hydrogens is 324 g/mol. The first-order valence-electron chi connectivity index (χ1n) is 12.5. The molecule has 3 aliphatic carbocycles. The molecule has 0 spiro atoms. The van der Waals surface area contributed by atoms with Crippen LogP contribution in [0.15, 0.2) is 11.6 Å². The lowest BCUT2D eigenvalue weighted by molar-refractivity contribution is 0.110. The summed E-state index contributed by atoms with van der Waals surface area (Å²) in [4.78, 5) is 0. The van der Waals surface area contributed by atoms with Gasteiger partial charge in [0.2, 0.25) is 0 Å². The van der Waals surface area contributed by atoms with Crippen LogP contribution in [0, 0.1) is 34.5 Å². The minimum absolute atomic E-state index is 0.529. The van der Waals surface area contributed by atoms with Crippen LogP contribution in [0.3, 0.4) is 0 Å². The third kappa shape index (κ3) is 5.02. The molecule has 0 aliphatic heterocycles. The van der Waals surface area contributed by atoms with Crippen LogP contribution in [0.5, 0.6) is 0 Å². The summed E-state index contributed by atoms with van der Waals surface area (Å²) in [7, 11) is 0. The standard InChI is InChI=1S/C27H48/c1-21(2)10-6-7-11-23-14-15-24-12-8-13-25-20-22(3)16-19-26(25,4)17-9-18-27(23,24)5/h13,21-24H,6-12,14-20H2,1-5H3/b25-13-. The maximum atomic E-state index is 2.72. The van der Waals surface area contributed by atoms with Crippen LogP contribution in [0.1, 0.15) is 125 Å². The first-order chi connectivity index (χ1) is 12.8. The van der Waals surface area contributed by atoms with Gasteiger partial charge < -0.3 is 0 Å². The predicted molar refractivity (Wildman–Crippen MR) is 120 cm³/mol. The zero-order chi connectivity index (χ0) is 19.5. The molecule has 2 fully saturated rings. The number of fused-ring (bicyclic) bond motifs is 2. The highest BCUT2D eigenvalue weighted by Crippen LogP contribution is 2.56. The molecule has 0 radical (unpaired) electrons. The Hall–Kier alpha value is -0.260. The molecule has 0 nitrogen and oxygen atoms in total. The van der Waals surface area contributed by atoms with Gasteiger partial charge in [0.25, 0.3) is 0 Å². The highest BCUT2D eigenvalue weighted by molar-refractivity contribution is 5.17. The van der Waals surface area contributed by atoms with Crippen molar-refractivity contribution in [1.82, 2.24) is 0 Å². The quantitative estimate of drug-likeness (QED) is 0.333. The predicted octanol–water partition coefficient (Wildman–Crippen LogP) is 8.95. The lowest BCUT2D eigenvalue weighted by Crippen LogP contribution is -2.32. The summed E-state index contributed by atoms with van der Waals surface area (Å²) < 4.78 is 0. The number of hydrogen-bond acceptors (Lipinski definition) is 0. The molecule has 3 rings (SSSR count). The zero-order valence-electron chi connectivity index (χ0n) is 19.3. The Bertz CT molecular complexity index is 500. The van der Waals surface area contributed by atoms with Crippen LogP contribution in [0.2, 0.25) is 0 Å². The lowest BCUT2D eigenvalue weighted by atomic mass is 9.62. The Morgan fingerprint density at radius 2 is 1.81 bits per heavy atom. The van der Waals surface area contributed by atoms with E-state index in [9.17, 15) is 0 Å². The number of allylic oxidation sites excluding steroid dienone is 2. The van der Waals surface area contributed by atoms with E-state index >= 15 is 0 Å². The molecular formula is C27H48. The van der Waals surface area contributed by atoms with Crippen molar-refractivity contribution in [3.63, 3.8) is 0 Å². The molecule has 0 bridgehead atoms. The Balaban J connectivity index is 1.64. The molecule has 156 valence electrons. The van der Waals surface area contributed by atoms with E-state index in [0.717, 1.165) is 23.7 Å². The molecule has 0 heteroatoms. The number of rotatable bonds is 5. The molecule has 0 aromatic heterocycles. The van der Waals surface area contributed by atoms with E-state index in [2.05, 4.69) is 40.7 Å². The van der Waals surface area contributed by atoms with Crippen molar-refractivity contribution in [2.24, 2.45) is 34.5 Å². The van der Waals surface area contributed by atoms with Crippen LogP contribution in [0.25, 0.3) is 0 Å². The fourth-order valence-electron chi connectivity index (χ4n) is 7.08. The average molecular weight is 373 g/mol. The molecule has 0 aromatic rings. The summed E-state index contributed by atoms with van der Waals surface area (Å²) in [6.07, 6.45) is 23.2. The monoisotopic (exact) mass is 372 g/mol. The molecule has 27 heavy (non-hydrogen) atoms. The first-order valence-corrected chi connectivity index (χ1v) is 12.5. The van der Waals surface area contributed by atoms with E-state index in [4.69, 9.17) is 0 Å². The highest BCUT2D eigenvalue weighted by Gasteiger charge is 2.46. The second-order valence-corrected chi connectivity index (χ2v) is 11.7. The molecule has 3 aliphatic rings. The van der Waals surface area contributed by atoms with Crippen molar-refractivity contribution in [2.75, 3.05) is 0 Å². The molecule has 0 N–H and O–H groups in total. The summed E-state index contributed by atoms with van der Waals surface area (Å²) in [6.45, 7) is 12.5. The van der Waals surface area contributed by atoms with Gasteiger partial charge in [0, 0.05) is 0 Å². The van der Waals surface area contributed by atoms with Gasteiger partial charge in [0.15, 0.2) is 0 Å². The summed E-state index contributed by atoms with van der Waals surface area (Å²) >= 11 is 0. The zero-order valence-corrected chi connectivity index (χ0v) is 19.3. The molecule has 5 unspecified atom stereocenters. The van der Waals surface area contributed by atoms with E-state index in [1.165, 1.54) is 89.9 Å². The molecule has 0 saturated heterocycles. The highest BCUT2D eigenvalue weighted by atomic mass is 14.5. The fraction of sp³-hybridized carbons (Fsp3) is 0.926. The van der Waals surface area contributed by atoms with Gasteiger partial charge in [0.1, 0.15) is 0 Å². The molecule has 0 amide bonds. The Labute approximate surface area is 171 Å². The summed E-state index contributed by atoms with van der Waals surface area (Å²) in [5.74, 6) is 3.80. The smallest absolute Gasteiger partial charge is 0.0116 e. The van der Waals surface area contributed by atoms with Gasteiger partial charge in [-0.15, -0.1) is 0 Å². The van der Waals surface area contributed by atoms with Gasteiger partial charge in [0.05, 0.1) is 0 Å². The second-order valence-electron chi connectivity index (χ2n) is 11.7. The van der Waals surface area contributed by atoms with Crippen molar-refractivity contribution < 1.29 is 0 Å². The molecule has 0 aromatic carbocycles. The molecule has 5 atom stereocenters. The first kappa shape index (κ1) is 21.4. The van der Waals surface area contributed by atoms with Gasteiger partial charge in [-0.25, -0.2) is 0 Å². The van der Waals surface area contributed by atoms with E-state index < -0.39 is 0 Å². The van der Waals surface area contributed by atoms with Gasteiger partial charge in [-0.1, -0.05) is 72.0 Å². The van der Waals surface area contributed by atoms with Crippen molar-refractivity contribution in [2.45, 2.75) is 125 Å². The third-order valence-electron chi connectivity index (χ3n) is 9.20. The summed E-state index contributed by atoms with van der Waals surface area (Å²) in [6, 6.07) is 0. The third-order valence-corrected chi connectivity index (χ3v) is 9.20. The van der Waals surface area contributed by atoms with Crippen molar-refractivity contribution in [3.05, 3.63) is 11.6 Å². The SMILES string of the molecule is CC(C)CCCCC1CCC2CC/C=C3/CC(C)CCC3(C)CCCC21C. The fourth-order valence-corrected chi connectivity index (χ4v) is 7.08. The van der Waals surface area contributed by atoms with Gasteiger partial charge in [-0.2, -0.15) is 0 Å². The van der Waals surface area contributed by atoms with Gasteiger partial charge in [-0.3, -0.25) is 0 Å². The Morgan fingerprint density at radius 3 is 2.59 bits per heavy atom. The minimum atomic E-state index is 0.529. The number of hydrogen-bond donors (Lipinski definition) is 0. The van der Waals surface area contributed by atoms with Crippen LogP contribution in [-0.4, -0.2) is 0 Å². The number of unbranched alkanes of at least 4 members (excludes halogenated alkanes) is 1. The Kier molecular flexibility index (Phi) is 7.18. The van der Waals surface area contributed by atoms with Crippen LogP contribution in [0.4, 0.5) is 0 Å². The molecule has 0 heterocycles. The topological polar surface area (TPSA) is 0 Å². The van der Waals surface area contributed by atoms with E-state index in [1.807, 2.05) is 5.57 Å². The average Bonchev–Trinajstić information content (AvgIpc) is 2.91. The van der Waals surface area contributed by atoms with Crippen molar-refractivity contribution in [3.8, 4) is 0 Å². The summed E-state index contributed by atoms with van der Waals surface area (Å²) in [5.41, 5.74) is 3.01. The minimum Gasteiger partial charge on any atom is -0.0848 e. The summed E-state index contributed by atoms with van der Waals surface area (Å²) in [5, 5.41) is 0. The molecule has 2 saturated carbocycles. The maximum Gasteiger partial charge on any atom is -0.0116 e. The van der Waals surface area contributed by atoms with Crippen LogP contribution >= 0.6 is 0 Å². The lowest BCUT2D eigenvalue weighted by Gasteiger charge is -2.43. The van der Waals surface area contributed by atoms with Crippen molar-refractivity contribution >= 4 is 0 Å². The second kappa shape index (κ2) is 9.04. The Morgan fingerprint density at radius 1 is 1.00 bits per heavy atom. The normalized spacial score (nSPS) is 42.3. The van der Waals surface area contributed by atoms with E-state index in [-0.39, 0.29) is 0 Å². The van der Waals surface area contributed by atoms with Crippen molar-refractivity contribution in [1.29, 1.82) is 0 Å². The van der Waals surface area contributed by atoms with Gasteiger partial charge >= 0.3 is 0 Å². The van der Waals surface area contributed by atoms with Crippen LogP contribution < -0.4 is 0 Å². The van der Waals surface area contributed by atoms with Crippen LogP contribution in [-0.2, 0) is 0 Å². The maximum absolute atomic E-state index is 2.72. The largest absolute Gasteiger partial charge is 0.0848 e. The van der Waals surface area contributed by atoms with E-state index in [0.29, 0.717) is 10.8 Å². The van der Waals surface area contributed by atoms with E-state index in [1.54, 1.807) is 0 Å². The van der Waals surface area contributed by atoms with Gasteiger partial charge in [-0.05, 0) is 98.7 Å².